The Labute approximate surface area is 85.9 Å². The van der Waals surface area contributed by atoms with E-state index in [0.717, 1.165) is 5.82 Å². The third-order valence-electron chi connectivity index (χ3n) is 1.86. The molecule has 15 heavy (non-hydrogen) atoms. The zero-order valence-electron chi connectivity index (χ0n) is 7.94. The van der Waals surface area contributed by atoms with Crippen LogP contribution in [-0.2, 0) is 6.54 Å². The third kappa shape index (κ3) is 2.13. The maximum atomic E-state index is 5.56. The average Bonchev–Trinajstić information content (AvgIpc) is 2.73. The smallest absolute Gasteiger partial charge is 0.149 e. The number of nitrogens with zero attached hydrogens (tertiary/aromatic N) is 3. The highest BCUT2D eigenvalue weighted by Crippen LogP contribution is 2.14. The highest BCUT2D eigenvalue weighted by atomic mass is 15.2. The minimum atomic E-state index is 0.317. The summed E-state index contributed by atoms with van der Waals surface area (Å²) in [5.41, 5.74) is 11.6. The number of aromatic amines is 1. The van der Waals surface area contributed by atoms with Crippen LogP contribution in [0.4, 0.5) is 17.3 Å². The van der Waals surface area contributed by atoms with Gasteiger partial charge in [0.05, 0.1) is 12.2 Å². The number of hydrogen-bond acceptors (Lipinski definition) is 6. The summed E-state index contributed by atoms with van der Waals surface area (Å²) < 4.78 is 0. The molecule has 6 N–H and O–H groups in total. The summed E-state index contributed by atoms with van der Waals surface area (Å²) in [5, 5.41) is 9.49. The van der Waals surface area contributed by atoms with Crippen molar-refractivity contribution in [3.05, 3.63) is 24.3 Å². The average molecular weight is 205 g/mol. The van der Waals surface area contributed by atoms with Gasteiger partial charge in [0.25, 0.3) is 0 Å². The van der Waals surface area contributed by atoms with Crippen molar-refractivity contribution in [2.24, 2.45) is 0 Å². The molecular formula is C8H11N7. The number of pyridine rings is 1. The van der Waals surface area contributed by atoms with Gasteiger partial charge in [-0.3, -0.25) is 5.10 Å². The van der Waals surface area contributed by atoms with Crippen LogP contribution in [0.25, 0.3) is 0 Å². The molecule has 0 amide bonds. The van der Waals surface area contributed by atoms with Gasteiger partial charge in [0.1, 0.15) is 23.8 Å². The quantitative estimate of drug-likeness (QED) is 0.559. The third-order valence-corrected chi connectivity index (χ3v) is 1.86. The minimum Gasteiger partial charge on any atom is -0.396 e. The second kappa shape index (κ2) is 3.82. The molecule has 0 bridgehead atoms. The predicted molar refractivity (Wildman–Crippen MR) is 56.8 cm³/mol. The lowest BCUT2D eigenvalue weighted by molar-refractivity contribution is 0.948. The van der Waals surface area contributed by atoms with E-state index in [0.29, 0.717) is 23.9 Å². The van der Waals surface area contributed by atoms with Crippen LogP contribution in [0, 0.1) is 0 Å². The Morgan fingerprint density at radius 2 is 2.20 bits per heavy atom. The fourth-order valence-corrected chi connectivity index (χ4v) is 1.07. The zero-order valence-corrected chi connectivity index (χ0v) is 7.94. The number of nitrogens with one attached hydrogen (secondary N) is 2. The molecule has 78 valence electrons. The Balaban J connectivity index is 2.02. The monoisotopic (exact) mass is 205 g/mol. The van der Waals surface area contributed by atoms with Gasteiger partial charge in [0.15, 0.2) is 0 Å². The molecule has 0 unspecified atom stereocenters. The molecule has 7 nitrogen and oxygen atoms in total. The van der Waals surface area contributed by atoms with Crippen molar-refractivity contribution in [1.82, 2.24) is 20.2 Å². The summed E-state index contributed by atoms with van der Waals surface area (Å²) in [6, 6.07) is 3.45. The van der Waals surface area contributed by atoms with Crippen molar-refractivity contribution < 1.29 is 0 Å². The topological polar surface area (TPSA) is 119 Å². The van der Waals surface area contributed by atoms with Gasteiger partial charge in [-0.05, 0) is 12.1 Å². The highest BCUT2D eigenvalue weighted by Gasteiger charge is 2.00. The molecule has 0 radical (unpaired) electrons. The van der Waals surface area contributed by atoms with E-state index >= 15 is 0 Å². The van der Waals surface area contributed by atoms with E-state index in [1.807, 2.05) is 0 Å². The Hall–Kier alpha value is -2.31. The molecule has 0 saturated carbocycles. The lowest BCUT2D eigenvalue weighted by atomic mass is 10.4. The van der Waals surface area contributed by atoms with Crippen LogP contribution < -0.4 is 16.8 Å². The predicted octanol–water partition coefficient (Wildman–Crippen LogP) is -0.0238. The molecule has 0 aliphatic heterocycles. The van der Waals surface area contributed by atoms with Crippen molar-refractivity contribution in [3.8, 4) is 0 Å². The lowest BCUT2D eigenvalue weighted by Gasteiger charge is -2.05. The first-order valence-corrected chi connectivity index (χ1v) is 4.36. The summed E-state index contributed by atoms with van der Waals surface area (Å²) in [4.78, 5) is 8.01. The van der Waals surface area contributed by atoms with Crippen LogP contribution in [0.5, 0.6) is 0 Å². The van der Waals surface area contributed by atoms with Gasteiger partial charge in [-0.25, -0.2) is 9.97 Å². The molecule has 7 heteroatoms. The number of nitrogen functional groups attached to an aromatic ring is 2. The van der Waals surface area contributed by atoms with Crippen LogP contribution in [0.3, 0.4) is 0 Å². The summed E-state index contributed by atoms with van der Waals surface area (Å²) in [6.07, 6.45) is 1.45. The number of aromatic nitrogens is 4. The fraction of sp³-hybridized carbons (Fsp3) is 0.125. The van der Waals surface area contributed by atoms with Crippen molar-refractivity contribution in [3.63, 3.8) is 0 Å². The van der Waals surface area contributed by atoms with E-state index < -0.39 is 0 Å². The van der Waals surface area contributed by atoms with Crippen LogP contribution in [0.15, 0.2) is 18.5 Å². The van der Waals surface area contributed by atoms with E-state index in [1.165, 1.54) is 6.33 Å². The fourth-order valence-electron chi connectivity index (χ4n) is 1.07. The van der Waals surface area contributed by atoms with E-state index in [9.17, 15) is 0 Å². The second-order valence-electron chi connectivity index (χ2n) is 2.96. The summed E-state index contributed by atoms with van der Waals surface area (Å²) in [5.74, 6) is 1.70. The molecule has 0 fully saturated rings. The van der Waals surface area contributed by atoms with E-state index in [-0.39, 0.29) is 0 Å². The Kier molecular flexibility index (Phi) is 2.36. The lowest BCUT2D eigenvalue weighted by Crippen LogP contribution is -2.05. The van der Waals surface area contributed by atoms with Crippen molar-refractivity contribution in [1.29, 1.82) is 0 Å². The molecule has 0 saturated heterocycles. The first-order chi connectivity index (χ1) is 7.25. The van der Waals surface area contributed by atoms with E-state index in [1.54, 1.807) is 12.1 Å². The SMILES string of the molecule is Nc1ccc(NCc2ncn[nH]2)nc1N. The molecule has 0 atom stereocenters. The molecule has 2 rings (SSSR count). The second-order valence-corrected chi connectivity index (χ2v) is 2.96. The van der Waals surface area contributed by atoms with Crippen molar-refractivity contribution in [2.75, 3.05) is 16.8 Å². The van der Waals surface area contributed by atoms with Gasteiger partial charge in [-0.2, -0.15) is 5.10 Å². The Morgan fingerprint density at radius 3 is 2.87 bits per heavy atom. The minimum absolute atomic E-state index is 0.317. The largest absolute Gasteiger partial charge is 0.396 e. The Bertz CT molecular complexity index is 436. The highest BCUT2D eigenvalue weighted by molar-refractivity contribution is 5.61. The maximum absolute atomic E-state index is 5.56. The normalized spacial score (nSPS) is 10.1. The van der Waals surface area contributed by atoms with Gasteiger partial charge in [-0.1, -0.05) is 0 Å². The first-order valence-electron chi connectivity index (χ1n) is 4.36. The standard InChI is InChI=1S/C8H11N7/c9-5-1-2-6(14-8(5)10)11-3-7-12-4-13-15-7/h1-2,4H,3,9H2,(H3,10,11,14)(H,12,13,15). The van der Waals surface area contributed by atoms with Crippen molar-refractivity contribution in [2.45, 2.75) is 6.54 Å². The Morgan fingerprint density at radius 1 is 1.33 bits per heavy atom. The summed E-state index contributed by atoms with van der Waals surface area (Å²) in [6.45, 7) is 0.510. The zero-order chi connectivity index (χ0) is 10.7. The van der Waals surface area contributed by atoms with Gasteiger partial charge in [0.2, 0.25) is 0 Å². The molecule has 2 aromatic heterocycles. The van der Waals surface area contributed by atoms with Gasteiger partial charge in [-0.15, -0.1) is 0 Å². The van der Waals surface area contributed by atoms with Crippen LogP contribution in [0.2, 0.25) is 0 Å². The maximum Gasteiger partial charge on any atom is 0.149 e. The number of anilines is 3. The van der Waals surface area contributed by atoms with E-state index in [4.69, 9.17) is 11.5 Å². The van der Waals surface area contributed by atoms with Gasteiger partial charge < -0.3 is 16.8 Å². The molecule has 0 aromatic carbocycles. The number of hydrogen-bond donors (Lipinski definition) is 4. The molecular weight excluding hydrogens is 194 g/mol. The number of nitrogens with two attached hydrogens (primary N) is 2. The van der Waals surface area contributed by atoms with Gasteiger partial charge in [0, 0.05) is 0 Å². The van der Waals surface area contributed by atoms with Crippen LogP contribution >= 0.6 is 0 Å². The molecule has 2 aromatic rings. The molecule has 0 spiro atoms. The molecule has 0 aliphatic carbocycles. The van der Waals surface area contributed by atoms with Gasteiger partial charge >= 0.3 is 0 Å². The first kappa shape index (κ1) is 9.25. The summed E-state index contributed by atoms with van der Waals surface area (Å²) in [7, 11) is 0. The number of rotatable bonds is 3. The van der Waals surface area contributed by atoms with Crippen molar-refractivity contribution >= 4 is 17.3 Å². The van der Waals surface area contributed by atoms with Crippen LogP contribution in [-0.4, -0.2) is 20.2 Å². The number of H-pyrrole nitrogens is 1. The molecule has 0 aliphatic rings. The van der Waals surface area contributed by atoms with Crippen LogP contribution in [0.1, 0.15) is 5.82 Å². The van der Waals surface area contributed by atoms with E-state index in [2.05, 4.69) is 25.5 Å². The molecule has 2 heterocycles. The summed E-state index contributed by atoms with van der Waals surface area (Å²) >= 11 is 0.